The maximum atomic E-state index is 12.7. The van der Waals surface area contributed by atoms with E-state index in [2.05, 4.69) is 0 Å². The SMILES string of the molecule is COc1ccc2c(c1)[C@H]1N(C(=O)OC(C)(C)C)CC[C@@]1(CC(=O)O)C2. The molecule has 6 nitrogen and oxygen atoms in total. The summed E-state index contributed by atoms with van der Waals surface area (Å²) in [6, 6.07) is 5.49. The summed E-state index contributed by atoms with van der Waals surface area (Å²) in [5.41, 5.74) is 0.992. The Kier molecular flexibility index (Phi) is 4.17. The number of carbonyl (C=O) groups excluding carboxylic acids is 1. The van der Waals surface area contributed by atoms with Crippen LogP contribution >= 0.6 is 0 Å². The number of ether oxygens (including phenoxy) is 2. The largest absolute Gasteiger partial charge is 0.497 e. The molecular formula is C19H25NO5. The zero-order chi connectivity index (χ0) is 18.4. The van der Waals surface area contributed by atoms with E-state index in [0.29, 0.717) is 25.1 Å². The van der Waals surface area contributed by atoms with Crippen LogP contribution in [0.25, 0.3) is 0 Å². The van der Waals surface area contributed by atoms with Crippen molar-refractivity contribution in [3.05, 3.63) is 29.3 Å². The number of benzene rings is 1. The molecule has 1 heterocycles. The lowest BCUT2D eigenvalue weighted by Crippen LogP contribution is -2.38. The highest BCUT2D eigenvalue weighted by Crippen LogP contribution is 2.58. The Balaban J connectivity index is 2.00. The lowest BCUT2D eigenvalue weighted by Gasteiger charge is -2.33. The summed E-state index contributed by atoms with van der Waals surface area (Å²) in [5.74, 6) is -0.128. The highest BCUT2D eigenvalue weighted by molar-refractivity contribution is 5.73. The zero-order valence-corrected chi connectivity index (χ0v) is 15.2. The number of amides is 1. The van der Waals surface area contributed by atoms with Gasteiger partial charge in [0.2, 0.25) is 0 Å². The minimum atomic E-state index is -0.837. The molecule has 1 N–H and O–H groups in total. The molecule has 3 rings (SSSR count). The van der Waals surface area contributed by atoms with Gasteiger partial charge in [0.05, 0.1) is 19.6 Å². The third kappa shape index (κ3) is 3.17. The van der Waals surface area contributed by atoms with Gasteiger partial charge in [-0.1, -0.05) is 6.07 Å². The first-order chi connectivity index (χ1) is 11.6. The van der Waals surface area contributed by atoms with E-state index in [1.807, 2.05) is 39.0 Å². The third-order valence-electron chi connectivity index (χ3n) is 5.06. The molecule has 1 fully saturated rings. The van der Waals surface area contributed by atoms with Crippen molar-refractivity contribution in [2.75, 3.05) is 13.7 Å². The van der Waals surface area contributed by atoms with Gasteiger partial charge in [0, 0.05) is 12.0 Å². The predicted octanol–water partition coefficient (Wildman–Crippen LogP) is 3.39. The van der Waals surface area contributed by atoms with E-state index in [1.165, 1.54) is 0 Å². The molecule has 1 amide bonds. The Hall–Kier alpha value is -2.24. The molecule has 1 aliphatic carbocycles. The summed E-state index contributed by atoms with van der Waals surface area (Å²) in [7, 11) is 1.60. The van der Waals surface area contributed by atoms with Crippen molar-refractivity contribution in [1.82, 2.24) is 4.90 Å². The minimum absolute atomic E-state index is 0.0357. The Morgan fingerprint density at radius 3 is 2.68 bits per heavy atom. The van der Waals surface area contributed by atoms with Crippen LogP contribution in [-0.2, 0) is 16.0 Å². The first-order valence-electron chi connectivity index (χ1n) is 8.53. The molecule has 136 valence electrons. The number of likely N-dealkylation sites (tertiary alicyclic amines) is 1. The van der Waals surface area contributed by atoms with Crippen LogP contribution in [0.4, 0.5) is 4.79 Å². The number of aliphatic carboxylic acids is 1. The van der Waals surface area contributed by atoms with Gasteiger partial charge in [-0.3, -0.25) is 4.79 Å². The average Bonchev–Trinajstić information content (AvgIpc) is 2.97. The molecule has 1 aromatic rings. The van der Waals surface area contributed by atoms with Gasteiger partial charge in [0.1, 0.15) is 11.4 Å². The van der Waals surface area contributed by atoms with Crippen molar-refractivity contribution in [1.29, 1.82) is 0 Å². The Morgan fingerprint density at radius 1 is 1.36 bits per heavy atom. The Bertz CT molecular complexity index is 708. The lowest BCUT2D eigenvalue weighted by atomic mass is 9.78. The first kappa shape index (κ1) is 17.6. The molecule has 1 saturated heterocycles. The van der Waals surface area contributed by atoms with Crippen LogP contribution in [0.3, 0.4) is 0 Å². The van der Waals surface area contributed by atoms with Gasteiger partial charge < -0.3 is 19.5 Å². The summed E-state index contributed by atoms with van der Waals surface area (Å²) in [6.45, 7) is 5.99. The lowest BCUT2D eigenvalue weighted by molar-refractivity contribution is -0.140. The summed E-state index contributed by atoms with van der Waals surface area (Å²) in [4.78, 5) is 25.9. The molecule has 0 aromatic heterocycles. The van der Waals surface area contributed by atoms with E-state index in [4.69, 9.17) is 9.47 Å². The fraction of sp³-hybridized carbons (Fsp3) is 0.579. The monoisotopic (exact) mass is 347 g/mol. The summed E-state index contributed by atoms with van der Waals surface area (Å²) < 4.78 is 10.9. The number of nitrogens with zero attached hydrogens (tertiary/aromatic N) is 1. The Labute approximate surface area is 147 Å². The average molecular weight is 347 g/mol. The maximum Gasteiger partial charge on any atom is 0.410 e. The van der Waals surface area contributed by atoms with Gasteiger partial charge in [-0.25, -0.2) is 4.79 Å². The van der Waals surface area contributed by atoms with Crippen molar-refractivity contribution >= 4 is 12.1 Å². The zero-order valence-electron chi connectivity index (χ0n) is 15.2. The van der Waals surface area contributed by atoms with Crippen LogP contribution in [0, 0.1) is 5.41 Å². The highest BCUT2D eigenvalue weighted by Gasteiger charge is 2.56. The molecule has 0 saturated carbocycles. The van der Waals surface area contributed by atoms with Gasteiger partial charge >= 0.3 is 12.1 Å². The van der Waals surface area contributed by atoms with E-state index in [-0.39, 0.29) is 18.6 Å². The van der Waals surface area contributed by atoms with E-state index in [1.54, 1.807) is 12.0 Å². The van der Waals surface area contributed by atoms with Crippen LogP contribution in [0.5, 0.6) is 5.75 Å². The number of hydrogen-bond donors (Lipinski definition) is 1. The van der Waals surface area contributed by atoms with Crippen molar-refractivity contribution in [3.63, 3.8) is 0 Å². The van der Waals surface area contributed by atoms with Gasteiger partial charge in [-0.05, 0) is 56.9 Å². The van der Waals surface area contributed by atoms with Gasteiger partial charge in [0.15, 0.2) is 0 Å². The van der Waals surface area contributed by atoms with Gasteiger partial charge in [0.25, 0.3) is 0 Å². The van der Waals surface area contributed by atoms with E-state index in [9.17, 15) is 14.7 Å². The van der Waals surface area contributed by atoms with Crippen molar-refractivity contribution in [2.45, 2.75) is 51.7 Å². The van der Waals surface area contributed by atoms with Gasteiger partial charge in [-0.2, -0.15) is 0 Å². The normalized spacial score (nSPS) is 24.6. The van der Waals surface area contributed by atoms with Crippen LogP contribution in [0.15, 0.2) is 18.2 Å². The fourth-order valence-electron chi connectivity index (χ4n) is 4.18. The number of carbonyl (C=O) groups is 2. The van der Waals surface area contributed by atoms with Crippen LogP contribution in [-0.4, -0.2) is 41.3 Å². The second-order valence-electron chi connectivity index (χ2n) is 8.00. The quantitative estimate of drug-likeness (QED) is 0.907. The van der Waals surface area contributed by atoms with Crippen LogP contribution < -0.4 is 4.74 Å². The molecule has 1 aromatic carbocycles. The molecule has 6 heteroatoms. The topological polar surface area (TPSA) is 76.1 Å². The molecule has 0 unspecified atom stereocenters. The number of hydrogen-bond acceptors (Lipinski definition) is 4. The summed E-state index contributed by atoms with van der Waals surface area (Å²) in [5, 5.41) is 9.45. The van der Waals surface area contributed by atoms with E-state index < -0.39 is 17.0 Å². The molecule has 1 aliphatic heterocycles. The molecule has 2 aliphatic rings. The smallest absolute Gasteiger partial charge is 0.410 e. The number of carboxylic acids is 1. The molecule has 0 bridgehead atoms. The minimum Gasteiger partial charge on any atom is -0.497 e. The molecule has 25 heavy (non-hydrogen) atoms. The fourth-order valence-corrected chi connectivity index (χ4v) is 4.18. The number of carboxylic acid groups (broad SMARTS) is 1. The molecular weight excluding hydrogens is 322 g/mol. The number of methoxy groups -OCH3 is 1. The molecule has 0 radical (unpaired) electrons. The Morgan fingerprint density at radius 2 is 2.08 bits per heavy atom. The van der Waals surface area contributed by atoms with E-state index >= 15 is 0 Å². The summed E-state index contributed by atoms with van der Waals surface area (Å²) >= 11 is 0. The standard InChI is InChI=1S/C19H25NO5/c1-18(2,3)25-17(23)20-8-7-19(11-15(21)22)10-12-5-6-13(24-4)9-14(12)16(19)20/h5-6,9,16H,7-8,10-11H2,1-4H3,(H,21,22)/t16-,19+/m1/s1. The number of rotatable bonds is 3. The molecule has 0 spiro atoms. The van der Waals surface area contributed by atoms with Crippen LogP contribution in [0.1, 0.15) is 50.8 Å². The second kappa shape index (κ2) is 5.93. The van der Waals surface area contributed by atoms with E-state index in [0.717, 1.165) is 11.1 Å². The predicted molar refractivity (Wildman–Crippen MR) is 91.7 cm³/mol. The summed E-state index contributed by atoms with van der Waals surface area (Å²) in [6.07, 6.45) is 0.956. The number of fused-ring (bicyclic) bond motifs is 3. The van der Waals surface area contributed by atoms with Crippen molar-refractivity contribution in [3.8, 4) is 5.75 Å². The maximum absolute atomic E-state index is 12.7. The highest BCUT2D eigenvalue weighted by atomic mass is 16.6. The van der Waals surface area contributed by atoms with Crippen molar-refractivity contribution in [2.24, 2.45) is 5.41 Å². The molecule has 2 atom stereocenters. The first-order valence-corrected chi connectivity index (χ1v) is 8.53. The van der Waals surface area contributed by atoms with Crippen molar-refractivity contribution < 1.29 is 24.2 Å². The second-order valence-corrected chi connectivity index (χ2v) is 8.00. The van der Waals surface area contributed by atoms with Gasteiger partial charge in [-0.15, -0.1) is 0 Å². The van der Waals surface area contributed by atoms with Crippen LogP contribution in [0.2, 0.25) is 0 Å². The third-order valence-corrected chi connectivity index (χ3v) is 5.06.